The number of hydrogen-bond donors (Lipinski definition) is 2. The molecular formula is C14H10ClF3N2O. The first-order chi connectivity index (χ1) is 9.88. The van der Waals surface area contributed by atoms with Crippen molar-refractivity contribution in [1.29, 1.82) is 0 Å². The Balaban J connectivity index is 2.16. The monoisotopic (exact) mass is 314 g/mol. The Morgan fingerprint density at radius 3 is 2.05 bits per heavy atom. The van der Waals surface area contributed by atoms with E-state index in [-0.39, 0.29) is 10.7 Å². The molecule has 2 aromatic carbocycles. The predicted molar refractivity (Wildman–Crippen MR) is 75.5 cm³/mol. The maximum atomic E-state index is 12.8. The molecule has 0 aromatic heterocycles. The van der Waals surface area contributed by atoms with Crippen molar-refractivity contribution >= 4 is 29.0 Å². The molecule has 3 nitrogen and oxygen atoms in total. The molecule has 0 saturated heterocycles. The third-order valence-electron chi connectivity index (χ3n) is 2.60. The highest BCUT2D eigenvalue weighted by molar-refractivity contribution is 6.33. The van der Waals surface area contributed by atoms with Crippen LogP contribution in [0, 0.1) is 0 Å². The molecule has 110 valence electrons. The number of benzene rings is 2. The molecule has 0 spiro atoms. The summed E-state index contributed by atoms with van der Waals surface area (Å²) in [7, 11) is 0. The Bertz CT molecular complexity index is 659. The zero-order valence-electron chi connectivity index (χ0n) is 10.5. The minimum atomic E-state index is -4.55. The van der Waals surface area contributed by atoms with Crippen molar-refractivity contribution in [2.75, 3.05) is 10.6 Å². The van der Waals surface area contributed by atoms with Gasteiger partial charge in [-0.15, -0.1) is 0 Å². The van der Waals surface area contributed by atoms with E-state index in [1.54, 1.807) is 18.2 Å². The fourth-order valence-corrected chi connectivity index (χ4v) is 1.86. The van der Waals surface area contributed by atoms with Gasteiger partial charge in [0.05, 0.1) is 22.0 Å². The summed E-state index contributed by atoms with van der Waals surface area (Å²) in [6, 6.07) is 10.3. The number of rotatable bonds is 2. The van der Waals surface area contributed by atoms with Gasteiger partial charge in [-0.2, -0.15) is 13.2 Å². The van der Waals surface area contributed by atoms with Gasteiger partial charge in [0, 0.05) is 0 Å². The predicted octanol–water partition coefficient (Wildman–Crippen LogP) is 5.00. The van der Waals surface area contributed by atoms with E-state index in [0.717, 1.165) is 6.07 Å². The first kappa shape index (κ1) is 15.2. The van der Waals surface area contributed by atoms with Crippen molar-refractivity contribution in [3.8, 4) is 0 Å². The van der Waals surface area contributed by atoms with E-state index in [1.807, 2.05) is 0 Å². The molecule has 0 fully saturated rings. The molecule has 0 unspecified atom stereocenters. The molecule has 7 heteroatoms. The van der Waals surface area contributed by atoms with Gasteiger partial charge >= 0.3 is 12.2 Å². The summed E-state index contributed by atoms with van der Waals surface area (Å²) in [5.41, 5.74) is -0.935. The van der Waals surface area contributed by atoms with Crippen LogP contribution in [0.5, 0.6) is 0 Å². The normalized spacial score (nSPS) is 11.0. The molecule has 0 heterocycles. The number of nitrogens with one attached hydrogen (secondary N) is 2. The fraction of sp³-hybridized carbons (Fsp3) is 0.0714. The lowest BCUT2D eigenvalue weighted by molar-refractivity contribution is -0.136. The Hall–Kier alpha value is -2.21. The van der Waals surface area contributed by atoms with E-state index in [9.17, 15) is 18.0 Å². The third-order valence-corrected chi connectivity index (χ3v) is 2.93. The molecule has 0 bridgehead atoms. The van der Waals surface area contributed by atoms with Gasteiger partial charge in [0.25, 0.3) is 0 Å². The van der Waals surface area contributed by atoms with Crippen LogP contribution >= 0.6 is 11.6 Å². The molecule has 2 amide bonds. The number of urea groups is 1. The van der Waals surface area contributed by atoms with Crippen LogP contribution in [-0.4, -0.2) is 6.03 Å². The second-order valence-electron chi connectivity index (χ2n) is 4.10. The van der Waals surface area contributed by atoms with Crippen LogP contribution in [0.15, 0.2) is 48.5 Å². The molecular weight excluding hydrogens is 305 g/mol. The van der Waals surface area contributed by atoms with Gasteiger partial charge in [-0.25, -0.2) is 4.79 Å². The zero-order valence-corrected chi connectivity index (χ0v) is 11.3. The standard InChI is InChI=1S/C14H10ClF3N2O/c15-10-6-2-4-8-12(10)20-13(21)19-11-7-3-1-5-9(11)14(16,17)18/h1-8H,(H2,19,20,21). The van der Waals surface area contributed by atoms with Gasteiger partial charge in [-0.3, -0.25) is 0 Å². The highest BCUT2D eigenvalue weighted by atomic mass is 35.5. The number of carbonyl (C=O) groups is 1. The topological polar surface area (TPSA) is 41.1 Å². The molecule has 0 atom stereocenters. The first-order valence-corrected chi connectivity index (χ1v) is 6.24. The first-order valence-electron chi connectivity index (χ1n) is 5.86. The molecule has 0 saturated carbocycles. The number of alkyl halides is 3. The Kier molecular flexibility index (Phi) is 4.37. The Labute approximate surface area is 123 Å². The molecule has 21 heavy (non-hydrogen) atoms. The highest BCUT2D eigenvalue weighted by Gasteiger charge is 2.33. The minimum absolute atomic E-state index is 0.289. The molecule has 0 aliphatic heterocycles. The third kappa shape index (κ3) is 3.88. The lowest BCUT2D eigenvalue weighted by Crippen LogP contribution is -2.22. The lowest BCUT2D eigenvalue weighted by Gasteiger charge is -2.14. The summed E-state index contributed by atoms with van der Waals surface area (Å²) in [6.45, 7) is 0. The van der Waals surface area contributed by atoms with Gasteiger partial charge in [0.1, 0.15) is 0 Å². The Morgan fingerprint density at radius 1 is 0.905 bits per heavy atom. The van der Waals surface area contributed by atoms with E-state index in [4.69, 9.17) is 11.6 Å². The van der Waals surface area contributed by atoms with Crippen LogP contribution in [0.25, 0.3) is 0 Å². The van der Waals surface area contributed by atoms with Crippen LogP contribution in [0.3, 0.4) is 0 Å². The maximum Gasteiger partial charge on any atom is 0.418 e. The molecule has 2 aromatic rings. The van der Waals surface area contributed by atoms with E-state index in [2.05, 4.69) is 10.6 Å². The summed E-state index contributed by atoms with van der Waals surface area (Å²) in [5, 5.41) is 4.84. The maximum absolute atomic E-state index is 12.8. The van der Waals surface area contributed by atoms with E-state index in [0.29, 0.717) is 5.69 Å². The minimum Gasteiger partial charge on any atom is -0.307 e. The van der Waals surface area contributed by atoms with Crippen molar-refractivity contribution in [2.45, 2.75) is 6.18 Å². The average molecular weight is 315 g/mol. The molecule has 0 aliphatic carbocycles. The van der Waals surface area contributed by atoms with Crippen molar-refractivity contribution in [3.05, 3.63) is 59.1 Å². The number of para-hydroxylation sites is 2. The number of carbonyl (C=O) groups excluding carboxylic acids is 1. The fourth-order valence-electron chi connectivity index (χ4n) is 1.68. The van der Waals surface area contributed by atoms with Crippen LogP contribution in [-0.2, 0) is 6.18 Å². The summed E-state index contributed by atoms with van der Waals surface area (Å²) >= 11 is 5.85. The molecule has 2 N–H and O–H groups in total. The SMILES string of the molecule is O=C(Nc1ccccc1Cl)Nc1ccccc1C(F)(F)F. The van der Waals surface area contributed by atoms with Crippen LogP contribution in [0.4, 0.5) is 29.3 Å². The van der Waals surface area contributed by atoms with Crippen molar-refractivity contribution in [1.82, 2.24) is 0 Å². The van der Waals surface area contributed by atoms with E-state index < -0.39 is 17.8 Å². The van der Waals surface area contributed by atoms with Crippen LogP contribution in [0.1, 0.15) is 5.56 Å². The number of halogens is 4. The zero-order chi connectivity index (χ0) is 15.5. The number of amides is 2. The van der Waals surface area contributed by atoms with Gasteiger partial charge in [-0.05, 0) is 24.3 Å². The second kappa shape index (κ2) is 6.05. The van der Waals surface area contributed by atoms with Crippen LogP contribution in [0.2, 0.25) is 5.02 Å². The number of hydrogen-bond acceptors (Lipinski definition) is 1. The van der Waals surface area contributed by atoms with E-state index >= 15 is 0 Å². The summed E-state index contributed by atoms with van der Waals surface area (Å²) in [5.74, 6) is 0. The quantitative estimate of drug-likeness (QED) is 0.804. The van der Waals surface area contributed by atoms with Crippen molar-refractivity contribution in [3.63, 3.8) is 0 Å². The van der Waals surface area contributed by atoms with Gasteiger partial charge in [0.2, 0.25) is 0 Å². The largest absolute Gasteiger partial charge is 0.418 e. The molecule has 0 radical (unpaired) electrons. The lowest BCUT2D eigenvalue weighted by atomic mass is 10.1. The van der Waals surface area contributed by atoms with E-state index in [1.165, 1.54) is 24.3 Å². The smallest absolute Gasteiger partial charge is 0.307 e. The molecule has 2 rings (SSSR count). The summed E-state index contributed by atoms with van der Waals surface area (Å²) in [6.07, 6.45) is -4.55. The van der Waals surface area contributed by atoms with Gasteiger partial charge in [-0.1, -0.05) is 35.9 Å². The highest BCUT2D eigenvalue weighted by Crippen LogP contribution is 2.34. The Morgan fingerprint density at radius 2 is 1.43 bits per heavy atom. The van der Waals surface area contributed by atoms with Crippen LogP contribution < -0.4 is 10.6 Å². The average Bonchev–Trinajstić information content (AvgIpc) is 2.41. The molecule has 0 aliphatic rings. The van der Waals surface area contributed by atoms with Crippen molar-refractivity contribution < 1.29 is 18.0 Å². The van der Waals surface area contributed by atoms with Crippen molar-refractivity contribution in [2.24, 2.45) is 0 Å². The number of anilines is 2. The summed E-state index contributed by atoms with van der Waals surface area (Å²) < 4.78 is 38.4. The van der Waals surface area contributed by atoms with Gasteiger partial charge < -0.3 is 10.6 Å². The second-order valence-corrected chi connectivity index (χ2v) is 4.51. The summed E-state index contributed by atoms with van der Waals surface area (Å²) in [4.78, 5) is 11.8. The van der Waals surface area contributed by atoms with Gasteiger partial charge in [0.15, 0.2) is 0 Å².